The van der Waals surface area contributed by atoms with Crippen LogP contribution in [0.2, 0.25) is 0 Å². The van der Waals surface area contributed by atoms with Crippen molar-refractivity contribution in [3.63, 3.8) is 0 Å². The van der Waals surface area contributed by atoms with Gasteiger partial charge < -0.3 is 9.80 Å². The van der Waals surface area contributed by atoms with Gasteiger partial charge in [-0.3, -0.25) is 9.59 Å². The SMILES string of the molecule is CN(Cc1ccc(N(C)C)cc1)C(=O)c1ccc(=O)[nH]n1. The molecule has 1 aromatic heterocycles. The van der Waals surface area contributed by atoms with Crippen LogP contribution in [-0.2, 0) is 6.54 Å². The van der Waals surface area contributed by atoms with E-state index in [9.17, 15) is 9.59 Å². The molecule has 0 radical (unpaired) electrons. The van der Waals surface area contributed by atoms with Gasteiger partial charge in [0.15, 0.2) is 0 Å². The number of aromatic nitrogens is 2. The van der Waals surface area contributed by atoms with Crippen LogP contribution in [-0.4, -0.2) is 42.1 Å². The van der Waals surface area contributed by atoms with Crippen molar-refractivity contribution in [2.45, 2.75) is 6.54 Å². The Morgan fingerprint density at radius 3 is 2.29 bits per heavy atom. The molecule has 0 aliphatic carbocycles. The zero-order valence-electron chi connectivity index (χ0n) is 12.3. The lowest BCUT2D eigenvalue weighted by atomic mass is 10.2. The monoisotopic (exact) mass is 286 g/mol. The normalized spacial score (nSPS) is 10.2. The summed E-state index contributed by atoms with van der Waals surface area (Å²) in [5.41, 5.74) is 2.03. The van der Waals surface area contributed by atoms with Crippen LogP contribution >= 0.6 is 0 Å². The molecule has 0 fully saturated rings. The van der Waals surface area contributed by atoms with Crippen LogP contribution in [0.4, 0.5) is 5.69 Å². The number of nitrogens with zero attached hydrogens (tertiary/aromatic N) is 3. The molecule has 2 aromatic rings. The Hall–Kier alpha value is -2.63. The third-order valence-electron chi connectivity index (χ3n) is 3.12. The van der Waals surface area contributed by atoms with E-state index in [4.69, 9.17) is 0 Å². The number of nitrogens with one attached hydrogen (secondary N) is 1. The van der Waals surface area contributed by atoms with Crippen molar-refractivity contribution in [2.75, 3.05) is 26.0 Å². The standard InChI is InChI=1S/C15H18N4O2/c1-18(2)12-6-4-11(5-7-12)10-19(3)15(21)13-8-9-14(20)17-16-13/h4-9H,10H2,1-3H3,(H,17,20). The van der Waals surface area contributed by atoms with Gasteiger partial charge in [0.1, 0.15) is 5.69 Å². The van der Waals surface area contributed by atoms with Crippen molar-refractivity contribution >= 4 is 11.6 Å². The number of hydrogen-bond donors (Lipinski definition) is 1. The second-order valence-electron chi connectivity index (χ2n) is 5.03. The summed E-state index contributed by atoms with van der Waals surface area (Å²) in [5, 5.41) is 6.00. The molecule has 0 saturated carbocycles. The van der Waals surface area contributed by atoms with E-state index in [1.165, 1.54) is 12.1 Å². The van der Waals surface area contributed by atoms with E-state index in [-0.39, 0.29) is 17.2 Å². The summed E-state index contributed by atoms with van der Waals surface area (Å²) < 4.78 is 0. The van der Waals surface area contributed by atoms with Crippen molar-refractivity contribution in [1.29, 1.82) is 0 Å². The van der Waals surface area contributed by atoms with Gasteiger partial charge in [-0.2, -0.15) is 5.10 Å². The predicted octanol–water partition coefficient (Wildman–Crippen LogP) is 1.11. The van der Waals surface area contributed by atoms with Crippen molar-refractivity contribution in [1.82, 2.24) is 15.1 Å². The Bertz CT molecular complexity index is 656. The molecule has 0 spiro atoms. The van der Waals surface area contributed by atoms with Gasteiger partial charge in [0.05, 0.1) is 0 Å². The molecule has 21 heavy (non-hydrogen) atoms. The Morgan fingerprint density at radius 2 is 1.76 bits per heavy atom. The highest BCUT2D eigenvalue weighted by molar-refractivity contribution is 5.91. The first-order chi connectivity index (χ1) is 9.97. The van der Waals surface area contributed by atoms with Crippen molar-refractivity contribution in [3.05, 3.63) is 58.0 Å². The third-order valence-corrected chi connectivity index (χ3v) is 3.12. The second-order valence-corrected chi connectivity index (χ2v) is 5.03. The average molecular weight is 286 g/mol. The minimum absolute atomic E-state index is 0.224. The van der Waals surface area contributed by atoms with Crippen LogP contribution in [0.1, 0.15) is 16.1 Å². The van der Waals surface area contributed by atoms with E-state index in [0.717, 1.165) is 11.3 Å². The maximum atomic E-state index is 12.2. The van der Waals surface area contributed by atoms with Gasteiger partial charge in [0, 0.05) is 39.4 Å². The van der Waals surface area contributed by atoms with Gasteiger partial charge in [-0.1, -0.05) is 12.1 Å². The van der Waals surface area contributed by atoms with Crippen molar-refractivity contribution in [3.8, 4) is 0 Å². The quantitative estimate of drug-likeness (QED) is 0.914. The molecule has 1 N–H and O–H groups in total. The Morgan fingerprint density at radius 1 is 1.10 bits per heavy atom. The van der Waals surface area contributed by atoms with Gasteiger partial charge in [-0.15, -0.1) is 0 Å². The minimum Gasteiger partial charge on any atom is -0.378 e. The maximum absolute atomic E-state index is 12.2. The first kappa shape index (κ1) is 14.8. The number of rotatable bonds is 4. The summed E-state index contributed by atoms with van der Waals surface area (Å²) in [5.74, 6) is -0.233. The van der Waals surface area contributed by atoms with Crippen LogP contribution in [0.15, 0.2) is 41.2 Å². The highest BCUT2D eigenvalue weighted by atomic mass is 16.2. The van der Waals surface area contributed by atoms with Crippen LogP contribution in [0.25, 0.3) is 0 Å². The second kappa shape index (κ2) is 6.21. The van der Waals surface area contributed by atoms with Crippen LogP contribution in [0.5, 0.6) is 0 Å². The lowest BCUT2D eigenvalue weighted by molar-refractivity contribution is 0.0778. The van der Waals surface area contributed by atoms with E-state index in [1.54, 1.807) is 11.9 Å². The highest BCUT2D eigenvalue weighted by Gasteiger charge is 2.13. The molecule has 6 heteroatoms. The van der Waals surface area contributed by atoms with Crippen molar-refractivity contribution in [2.24, 2.45) is 0 Å². The largest absolute Gasteiger partial charge is 0.378 e. The molecule has 0 unspecified atom stereocenters. The van der Waals surface area contributed by atoms with Gasteiger partial charge in [-0.05, 0) is 23.8 Å². The molecule has 110 valence electrons. The maximum Gasteiger partial charge on any atom is 0.274 e. The summed E-state index contributed by atoms with van der Waals surface area (Å²) >= 11 is 0. The number of carbonyl (C=O) groups excluding carboxylic acids is 1. The van der Waals surface area contributed by atoms with E-state index < -0.39 is 0 Å². The fourth-order valence-corrected chi connectivity index (χ4v) is 1.90. The van der Waals surface area contributed by atoms with E-state index >= 15 is 0 Å². The number of benzene rings is 1. The van der Waals surface area contributed by atoms with Crippen LogP contribution in [0, 0.1) is 0 Å². The topological polar surface area (TPSA) is 69.3 Å². The fraction of sp³-hybridized carbons (Fsp3) is 0.267. The van der Waals surface area contributed by atoms with Gasteiger partial charge in [0.25, 0.3) is 11.5 Å². The van der Waals surface area contributed by atoms with Crippen molar-refractivity contribution < 1.29 is 4.79 Å². The lowest BCUT2D eigenvalue weighted by Gasteiger charge is -2.18. The third kappa shape index (κ3) is 3.68. The predicted molar refractivity (Wildman–Crippen MR) is 81.4 cm³/mol. The first-order valence-electron chi connectivity index (χ1n) is 6.55. The summed E-state index contributed by atoms with van der Waals surface area (Å²) in [6.45, 7) is 0.480. The molecule has 0 aliphatic heterocycles. The molecular formula is C15H18N4O2. The zero-order chi connectivity index (χ0) is 15.4. The molecule has 6 nitrogen and oxygen atoms in total. The summed E-state index contributed by atoms with van der Waals surface area (Å²) in [4.78, 5) is 26.7. The molecule has 0 saturated heterocycles. The first-order valence-corrected chi connectivity index (χ1v) is 6.55. The number of H-pyrrole nitrogens is 1. The lowest BCUT2D eigenvalue weighted by Crippen LogP contribution is -2.28. The molecule has 0 atom stereocenters. The smallest absolute Gasteiger partial charge is 0.274 e. The van der Waals surface area contributed by atoms with Crippen LogP contribution in [0.3, 0.4) is 0 Å². The summed E-state index contributed by atoms with van der Waals surface area (Å²) in [6.07, 6.45) is 0. The van der Waals surface area contributed by atoms with E-state index in [2.05, 4.69) is 10.2 Å². The summed E-state index contributed by atoms with van der Waals surface area (Å²) in [7, 11) is 5.66. The molecule has 2 rings (SSSR count). The number of hydrogen-bond acceptors (Lipinski definition) is 4. The molecule has 0 bridgehead atoms. The van der Waals surface area contributed by atoms with Crippen LogP contribution < -0.4 is 10.5 Å². The average Bonchev–Trinajstić information content (AvgIpc) is 2.47. The Labute approximate surface area is 123 Å². The Balaban J connectivity index is 2.06. The fourth-order valence-electron chi connectivity index (χ4n) is 1.90. The molecule has 0 aliphatic rings. The number of carbonyl (C=O) groups is 1. The van der Waals surface area contributed by atoms with Gasteiger partial charge in [0.2, 0.25) is 0 Å². The van der Waals surface area contributed by atoms with E-state index in [1.807, 2.05) is 43.3 Å². The zero-order valence-corrected chi connectivity index (χ0v) is 12.3. The molecular weight excluding hydrogens is 268 g/mol. The molecule has 1 aromatic carbocycles. The van der Waals surface area contributed by atoms with Gasteiger partial charge in [-0.25, -0.2) is 5.10 Å². The number of aromatic amines is 1. The highest BCUT2D eigenvalue weighted by Crippen LogP contribution is 2.13. The Kier molecular flexibility index (Phi) is 4.37. The molecule has 1 amide bonds. The number of anilines is 1. The minimum atomic E-state index is -0.325. The summed E-state index contributed by atoms with van der Waals surface area (Å²) in [6, 6.07) is 10.7. The molecule has 1 heterocycles. The number of amides is 1. The van der Waals surface area contributed by atoms with E-state index in [0.29, 0.717) is 6.54 Å². The van der Waals surface area contributed by atoms with Gasteiger partial charge >= 0.3 is 0 Å².